The van der Waals surface area contributed by atoms with Gasteiger partial charge in [0, 0.05) is 27.5 Å². The van der Waals surface area contributed by atoms with E-state index in [1.807, 2.05) is 72.8 Å². The van der Waals surface area contributed by atoms with Crippen molar-refractivity contribution in [3.8, 4) is 78.7 Å². The minimum absolute atomic E-state index is 0.469. The van der Waals surface area contributed by atoms with Crippen LogP contribution in [0.1, 0.15) is 22.3 Å². The molecule has 1 spiro atoms. The molecule has 0 atom stereocenters. The van der Waals surface area contributed by atoms with Gasteiger partial charge < -0.3 is 4.42 Å². The van der Waals surface area contributed by atoms with Gasteiger partial charge in [0.05, 0.1) is 5.41 Å². The van der Waals surface area contributed by atoms with Crippen molar-refractivity contribution in [3.63, 3.8) is 0 Å². The van der Waals surface area contributed by atoms with Crippen molar-refractivity contribution >= 4 is 21.9 Å². The summed E-state index contributed by atoms with van der Waals surface area (Å²) in [7, 11) is 0. The van der Waals surface area contributed by atoms with Crippen LogP contribution in [0.15, 0.2) is 217 Å². The molecule has 13 rings (SSSR count). The largest absolute Gasteiger partial charge is 0.456 e. The molecule has 4 nitrogen and oxygen atoms in total. The average molecular weight is 790 g/mol. The monoisotopic (exact) mass is 789 g/mol. The zero-order chi connectivity index (χ0) is 40.8. The van der Waals surface area contributed by atoms with Crippen LogP contribution in [0.25, 0.3) is 101 Å². The molecular weight excluding hydrogens is 755 g/mol. The van der Waals surface area contributed by atoms with Crippen LogP contribution in [0.5, 0.6) is 0 Å². The molecule has 0 N–H and O–H groups in total. The van der Waals surface area contributed by atoms with E-state index in [1.54, 1.807) is 0 Å². The van der Waals surface area contributed by atoms with Gasteiger partial charge in [0.1, 0.15) is 11.2 Å². The van der Waals surface area contributed by atoms with Crippen molar-refractivity contribution in [3.05, 3.63) is 235 Å². The van der Waals surface area contributed by atoms with E-state index in [-0.39, 0.29) is 0 Å². The maximum atomic E-state index is 6.32. The summed E-state index contributed by atoms with van der Waals surface area (Å²) in [4.78, 5) is 15.0. The lowest BCUT2D eigenvalue weighted by Crippen LogP contribution is -2.25. The molecule has 62 heavy (non-hydrogen) atoms. The normalized spacial score (nSPS) is 13.0. The summed E-state index contributed by atoms with van der Waals surface area (Å²) in [6.07, 6.45) is 0. The van der Waals surface area contributed by atoms with Crippen LogP contribution in [0.3, 0.4) is 0 Å². The number of para-hydroxylation sites is 1. The molecular formula is C58H35N3O. The Bertz CT molecular complexity index is 3470. The second-order valence-electron chi connectivity index (χ2n) is 16.3. The highest BCUT2D eigenvalue weighted by Gasteiger charge is 2.51. The highest BCUT2D eigenvalue weighted by atomic mass is 16.3. The third-order valence-electron chi connectivity index (χ3n) is 13.0. The number of rotatable bonds is 5. The second-order valence-corrected chi connectivity index (χ2v) is 16.3. The molecule has 2 aromatic heterocycles. The lowest BCUT2D eigenvalue weighted by Gasteiger charge is -2.31. The van der Waals surface area contributed by atoms with Gasteiger partial charge in [0.15, 0.2) is 17.5 Å². The smallest absolute Gasteiger partial charge is 0.164 e. The van der Waals surface area contributed by atoms with Gasteiger partial charge in [-0.3, -0.25) is 0 Å². The Morgan fingerprint density at radius 3 is 1.31 bits per heavy atom. The van der Waals surface area contributed by atoms with Gasteiger partial charge in [-0.1, -0.05) is 182 Å². The maximum Gasteiger partial charge on any atom is 0.164 e. The molecule has 0 unspecified atom stereocenters. The Labute approximate surface area is 358 Å². The van der Waals surface area contributed by atoms with Crippen molar-refractivity contribution in [2.24, 2.45) is 0 Å². The molecule has 2 aliphatic rings. The fraction of sp³-hybridized carbons (Fsp3) is 0.0172. The molecule has 0 bridgehead atoms. The first-order valence-corrected chi connectivity index (χ1v) is 21.1. The topological polar surface area (TPSA) is 51.8 Å². The van der Waals surface area contributed by atoms with E-state index >= 15 is 0 Å². The van der Waals surface area contributed by atoms with Crippen molar-refractivity contribution in [2.45, 2.75) is 5.41 Å². The Kier molecular flexibility index (Phi) is 7.49. The Morgan fingerprint density at radius 2 is 0.710 bits per heavy atom. The average Bonchev–Trinajstić information content (AvgIpc) is 3.98. The Hall–Kier alpha value is -8.21. The van der Waals surface area contributed by atoms with E-state index < -0.39 is 5.41 Å². The summed E-state index contributed by atoms with van der Waals surface area (Å²) in [5, 5.41) is 2.22. The van der Waals surface area contributed by atoms with E-state index in [4.69, 9.17) is 19.4 Å². The summed E-state index contributed by atoms with van der Waals surface area (Å²) in [6.45, 7) is 0. The molecule has 0 saturated heterocycles. The van der Waals surface area contributed by atoms with Crippen LogP contribution < -0.4 is 0 Å². The Morgan fingerprint density at radius 1 is 0.274 bits per heavy atom. The predicted molar refractivity (Wildman–Crippen MR) is 251 cm³/mol. The van der Waals surface area contributed by atoms with Gasteiger partial charge in [0.2, 0.25) is 0 Å². The lowest BCUT2D eigenvalue weighted by molar-refractivity contribution is 0.669. The second kappa shape index (κ2) is 13.4. The fourth-order valence-electron chi connectivity index (χ4n) is 10.2. The standard InChI is InChI=1S/C58H35N3O/c1-3-15-37(16-4-1)55-59-56(38-17-5-2-6-18-38)61-57(60-55)39-29-27-36(28-30-39)46-35-52-47(34-45(46)40-31-32-54-48(33-40)44-22-10-14-26-53(44)62-54)43-21-9-13-25-51(43)58(52)49-23-11-7-19-41(49)42-20-8-12-24-50(42)58/h1-35H. The van der Waals surface area contributed by atoms with Crippen LogP contribution in [0.4, 0.5) is 0 Å². The summed E-state index contributed by atoms with van der Waals surface area (Å²) in [6, 6.07) is 75.9. The molecule has 4 heteroatoms. The van der Waals surface area contributed by atoms with E-state index in [2.05, 4.69) is 140 Å². The van der Waals surface area contributed by atoms with Crippen LogP contribution in [-0.4, -0.2) is 15.0 Å². The SMILES string of the molecule is c1ccc(-c2nc(-c3ccccc3)nc(-c3ccc(-c4cc5c(cc4-c4ccc6oc7ccccc7c6c4)-c4ccccc4C54c5ccccc5-c5ccccc54)cc3)n2)cc1. The minimum atomic E-state index is -0.469. The zero-order valence-electron chi connectivity index (χ0n) is 33.5. The summed E-state index contributed by atoms with van der Waals surface area (Å²) < 4.78 is 6.32. The molecule has 9 aromatic carbocycles. The van der Waals surface area contributed by atoms with E-state index in [9.17, 15) is 0 Å². The van der Waals surface area contributed by atoms with Crippen LogP contribution in [0.2, 0.25) is 0 Å². The minimum Gasteiger partial charge on any atom is -0.456 e. The number of aromatic nitrogens is 3. The van der Waals surface area contributed by atoms with Crippen LogP contribution in [0, 0.1) is 0 Å². The first-order chi connectivity index (χ1) is 30.7. The zero-order valence-corrected chi connectivity index (χ0v) is 33.5. The number of benzene rings is 9. The molecule has 288 valence electrons. The van der Waals surface area contributed by atoms with Gasteiger partial charge in [-0.05, 0) is 97.1 Å². The number of nitrogens with zero attached hydrogens (tertiary/aromatic N) is 3. The Balaban J connectivity index is 1.04. The van der Waals surface area contributed by atoms with Crippen molar-refractivity contribution in [1.82, 2.24) is 15.0 Å². The first-order valence-electron chi connectivity index (χ1n) is 21.1. The molecule has 0 aliphatic heterocycles. The summed E-state index contributed by atoms with van der Waals surface area (Å²) in [5.74, 6) is 1.91. The van der Waals surface area contributed by atoms with Crippen molar-refractivity contribution in [2.75, 3.05) is 0 Å². The predicted octanol–water partition coefficient (Wildman–Crippen LogP) is 14.4. The van der Waals surface area contributed by atoms with Gasteiger partial charge in [0.25, 0.3) is 0 Å². The van der Waals surface area contributed by atoms with Crippen molar-refractivity contribution in [1.29, 1.82) is 0 Å². The van der Waals surface area contributed by atoms with E-state index in [0.717, 1.165) is 60.9 Å². The highest BCUT2D eigenvalue weighted by Crippen LogP contribution is 2.63. The number of fused-ring (bicyclic) bond motifs is 13. The van der Waals surface area contributed by atoms with Crippen LogP contribution >= 0.6 is 0 Å². The third-order valence-corrected chi connectivity index (χ3v) is 13.0. The molecule has 2 heterocycles. The van der Waals surface area contributed by atoms with E-state index in [1.165, 1.54) is 44.5 Å². The van der Waals surface area contributed by atoms with Gasteiger partial charge >= 0.3 is 0 Å². The van der Waals surface area contributed by atoms with Gasteiger partial charge in [-0.2, -0.15) is 0 Å². The van der Waals surface area contributed by atoms with E-state index in [0.29, 0.717) is 17.5 Å². The summed E-state index contributed by atoms with van der Waals surface area (Å²) in [5.41, 5.74) is 19.0. The highest BCUT2D eigenvalue weighted by molar-refractivity contribution is 6.07. The maximum absolute atomic E-state index is 6.32. The molecule has 0 radical (unpaired) electrons. The van der Waals surface area contributed by atoms with Crippen molar-refractivity contribution < 1.29 is 4.42 Å². The number of hydrogen-bond acceptors (Lipinski definition) is 4. The molecule has 0 amide bonds. The van der Waals surface area contributed by atoms with Crippen LogP contribution in [-0.2, 0) is 5.41 Å². The van der Waals surface area contributed by atoms with Gasteiger partial charge in [-0.15, -0.1) is 0 Å². The fourth-order valence-corrected chi connectivity index (χ4v) is 10.2. The summed E-state index contributed by atoms with van der Waals surface area (Å²) >= 11 is 0. The lowest BCUT2D eigenvalue weighted by atomic mass is 9.70. The third kappa shape index (κ3) is 5.04. The first kappa shape index (κ1) is 34.6. The molecule has 2 aliphatic carbocycles. The molecule has 0 fully saturated rings. The number of hydrogen-bond donors (Lipinski definition) is 0. The van der Waals surface area contributed by atoms with Gasteiger partial charge in [-0.25, -0.2) is 15.0 Å². The number of furan rings is 1. The molecule has 11 aromatic rings. The quantitative estimate of drug-likeness (QED) is 0.174. The molecule has 0 saturated carbocycles.